The van der Waals surface area contributed by atoms with Gasteiger partial charge in [-0.3, -0.25) is 14.9 Å². The summed E-state index contributed by atoms with van der Waals surface area (Å²) in [5.74, 6) is -1.55. The number of rotatable bonds is 6. The molecule has 1 atom stereocenters. The van der Waals surface area contributed by atoms with Gasteiger partial charge in [0.2, 0.25) is 4.99 Å². The van der Waals surface area contributed by atoms with Crippen LogP contribution >= 0.6 is 11.8 Å². The number of anilines is 2. The van der Waals surface area contributed by atoms with Crippen LogP contribution in [0.3, 0.4) is 0 Å². The molecule has 0 bridgehead atoms. The van der Waals surface area contributed by atoms with Crippen LogP contribution in [-0.4, -0.2) is 50.7 Å². The molecule has 0 aliphatic carbocycles. The number of aromatic nitrogens is 2. The molecule has 0 radical (unpaired) electrons. The molecule has 13 heteroatoms. The standard InChI is InChI=1S/C22H28N6O6S/c1-21(2,3)34-20(32)26-22(23-7-8-35-22)19(31)25-14-9-15(27(4)12-14)17(29)24-13-10-16(18(30)33-6)28(5)11-13/h7-12,23H,1-6H3,(H,24,29)(H,25,31)(H,26,32). The van der Waals surface area contributed by atoms with Gasteiger partial charge in [0.15, 0.2) is 0 Å². The van der Waals surface area contributed by atoms with Crippen molar-refractivity contribution in [2.24, 2.45) is 14.1 Å². The first kappa shape index (κ1) is 25.7. The second-order valence-electron chi connectivity index (χ2n) is 8.72. The highest BCUT2D eigenvalue weighted by atomic mass is 32.2. The summed E-state index contributed by atoms with van der Waals surface area (Å²) in [6.45, 7) is 5.15. The molecule has 1 aliphatic rings. The fourth-order valence-electron chi connectivity index (χ4n) is 3.22. The van der Waals surface area contributed by atoms with Crippen molar-refractivity contribution in [3.63, 3.8) is 0 Å². The quantitative estimate of drug-likeness (QED) is 0.439. The second-order valence-corrected chi connectivity index (χ2v) is 9.84. The van der Waals surface area contributed by atoms with Crippen molar-refractivity contribution >= 4 is 47.0 Å². The molecule has 3 rings (SSSR count). The number of carbonyl (C=O) groups excluding carboxylic acids is 4. The highest BCUT2D eigenvalue weighted by Gasteiger charge is 2.43. The highest BCUT2D eigenvalue weighted by molar-refractivity contribution is 8.04. The fourth-order valence-corrected chi connectivity index (χ4v) is 4.00. The van der Waals surface area contributed by atoms with Gasteiger partial charge in [-0.2, -0.15) is 0 Å². The molecule has 2 aromatic rings. The van der Waals surface area contributed by atoms with E-state index in [2.05, 4.69) is 21.3 Å². The second kappa shape index (κ2) is 9.78. The summed E-state index contributed by atoms with van der Waals surface area (Å²) in [7, 11) is 4.58. The number of alkyl carbamates (subject to hydrolysis) is 1. The minimum atomic E-state index is -1.52. The predicted molar refractivity (Wildman–Crippen MR) is 131 cm³/mol. The molecule has 0 aromatic carbocycles. The van der Waals surface area contributed by atoms with E-state index < -0.39 is 34.5 Å². The Morgan fingerprint density at radius 2 is 1.60 bits per heavy atom. The summed E-state index contributed by atoms with van der Waals surface area (Å²) in [4.78, 5) is 48.5. The maximum Gasteiger partial charge on any atom is 0.410 e. The van der Waals surface area contributed by atoms with Crippen LogP contribution in [0.5, 0.6) is 0 Å². The molecule has 3 heterocycles. The van der Waals surface area contributed by atoms with E-state index in [1.54, 1.807) is 52.7 Å². The molecule has 188 valence electrons. The molecular weight excluding hydrogens is 476 g/mol. The molecule has 12 nitrogen and oxygen atoms in total. The Kier molecular flexibility index (Phi) is 7.19. The van der Waals surface area contributed by atoms with E-state index in [0.717, 1.165) is 11.8 Å². The van der Waals surface area contributed by atoms with Crippen LogP contribution in [-0.2, 0) is 28.4 Å². The summed E-state index contributed by atoms with van der Waals surface area (Å²) in [6, 6.07) is 2.99. The van der Waals surface area contributed by atoms with E-state index in [-0.39, 0.29) is 11.4 Å². The molecule has 35 heavy (non-hydrogen) atoms. The monoisotopic (exact) mass is 504 g/mol. The Hall–Kier alpha value is -3.87. The molecule has 0 saturated heterocycles. The fraction of sp³-hybridized carbons (Fsp3) is 0.364. The van der Waals surface area contributed by atoms with Crippen molar-refractivity contribution in [2.45, 2.75) is 31.4 Å². The Bertz CT molecular complexity index is 1180. The average Bonchev–Trinajstić information content (AvgIpc) is 3.45. The van der Waals surface area contributed by atoms with Crippen LogP contribution in [0, 0.1) is 0 Å². The summed E-state index contributed by atoms with van der Waals surface area (Å²) in [5.41, 5.74) is 0.536. The third-order valence-electron chi connectivity index (χ3n) is 4.75. The maximum atomic E-state index is 13.1. The van der Waals surface area contributed by atoms with E-state index in [9.17, 15) is 19.2 Å². The first-order valence-corrected chi connectivity index (χ1v) is 11.4. The summed E-state index contributed by atoms with van der Waals surface area (Å²) in [6.07, 6.45) is 3.91. The van der Waals surface area contributed by atoms with Crippen LogP contribution in [0.25, 0.3) is 0 Å². The van der Waals surface area contributed by atoms with Crippen LogP contribution in [0.4, 0.5) is 16.2 Å². The van der Waals surface area contributed by atoms with Crippen molar-refractivity contribution < 1.29 is 28.7 Å². The van der Waals surface area contributed by atoms with Crippen molar-refractivity contribution in [1.82, 2.24) is 19.8 Å². The van der Waals surface area contributed by atoms with E-state index in [1.807, 2.05) is 0 Å². The number of hydrogen-bond acceptors (Lipinski definition) is 8. The highest BCUT2D eigenvalue weighted by Crippen LogP contribution is 2.28. The van der Waals surface area contributed by atoms with Crippen LogP contribution < -0.4 is 21.3 Å². The number of carbonyl (C=O) groups is 4. The Morgan fingerprint density at radius 1 is 1.00 bits per heavy atom. The van der Waals surface area contributed by atoms with Gasteiger partial charge in [-0.1, -0.05) is 11.8 Å². The summed E-state index contributed by atoms with van der Waals surface area (Å²) >= 11 is 1.06. The van der Waals surface area contributed by atoms with Gasteiger partial charge >= 0.3 is 12.1 Å². The normalized spacial score (nSPS) is 16.9. The lowest BCUT2D eigenvalue weighted by Crippen LogP contribution is -2.61. The smallest absolute Gasteiger partial charge is 0.410 e. The number of amides is 3. The first-order chi connectivity index (χ1) is 16.3. The predicted octanol–water partition coefficient (Wildman–Crippen LogP) is 2.33. The van der Waals surface area contributed by atoms with E-state index >= 15 is 0 Å². The summed E-state index contributed by atoms with van der Waals surface area (Å²) < 4.78 is 13.1. The van der Waals surface area contributed by atoms with Gasteiger partial charge in [-0.25, -0.2) is 9.59 Å². The van der Waals surface area contributed by atoms with Crippen molar-refractivity contribution in [3.8, 4) is 0 Å². The van der Waals surface area contributed by atoms with E-state index in [0.29, 0.717) is 11.4 Å². The molecule has 4 N–H and O–H groups in total. The zero-order valence-electron chi connectivity index (χ0n) is 20.2. The van der Waals surface area contributed by atoms with Gasteiger partial charge in [0.25, 0.3) is 11.8 Å². The molecule has 1 aliphatic heterocycles. The SMILES string of the molecule is COC(=O)c1cc(NC(=O)c2cc(NC(=O)C3(NC(=O)OC(C)(C)C)NC=CS3)cn2C)cn1C. The Labute approximate surface area is 206 Å². The van der Waals surface area contributed by atoms with Gasteiger partial charge < -0.3 is 34.6 Å². The number of aryl methyl sites for hydroxylation is 2. The Morgan fingerprint density at radius 3 is 2.17 bits per heavy atom. The third kappa shape index (κ3) is 5.98. The minimum absolute atomic E-state index is 0.253. The molecule has 0 saturated carbocycles. The number of thioether (sulfide) groups is 1. The maximum absolute atomic E-state index is 13.1. The van der Waals surface area contributed by atoms with Gasteiger partial charge in [0.05, 0.1) is 18.5 Å². The largest absolute Gasteiger partial charge is 0.464 e. The van der Waals surface area contributed by atoms with E-state index in [4.69, 9.17) is 9.47 Å². The average molecular weight is 505 g/mol. The molecule has 1 unspecified atom stereocenters. The van der Waals surface area contributed by atoms with Crippen molar-refractivity contribution in [3.05, 3.63) is 47.5 Å². The number of hydrogen-bond donors (Lipinski definition) is 4. The molecular formula is C22H28N6O6S. The van der Waals surface area contributed by atoms with Crippen LogP contribution in [0.1, 0.15) is 41.7 Å². The Balaban J connectivity index is 1.71. The molecule has 0 fully saturated rings. The lowest BCUT2D eigenvalue weighted by Gasteiger charge is -2.30. The number of methoxy groups -OCH3 is 1. The first-order valence-electron chi connectivity index (χ1n) is 10.5. The van der Waals surface area contributed by atoms with Gasteiger partial charge in [0, 0.05) is 32.7 Å². The lowest BCUT2D eigenvalue weighted by molar-refractivity contribution is -0.119. The minimum Gasteiger partial charge on any atom is -0.464 e. The number of ether oxygens (including phenoxy) is 2. The topological polar surface area (TPSA) is 145 Å². The zero-order chi connectivity index (χ0) is 26.0. The van der Waals surface area contributed by atoms with Crippen LogP contribution in [0.15, 0.2) is 36.1 Å². The van der Waals surface area contributed by atoms with Crippen molar-refractivity contribution in [1.29, 1.82) is 0 Å². The van der Waals surface area contributed by atoms with Crippen LogP contribution in [0.2, 0.25) is 0 Å². The van der Waals surface area contributed by atoms with Gasteiger partial charge in [0.1, 0.15) is 17.0 Å². The molecule has 0 spiro atoms. The molecule has 2 aromatic heterocycles. The molecule has 3 amide bonds. The number of nitrogens with one attached hydrogen (secondary N) is 4. The number of esters is 1. The van der Waals surface area contributed by atoms with Crippen molar-refractivity contribution in [2.75, 3.05) is 17.7 Å². The van der Waals surface area contributed by atoms with Gasteiger partial charge in [-0.15, -0.1) is 0 Å². The van der Waals surface area contributed by atoms with E-state index in [1.165, 1.54) is 34.6 Å². The number of nitrogens with zero attached hydrogens (tertiary/aromatic N) is 2. The third-order valence-corrected chi connectivity index (χ3v) is 5.78. The summed E-state index contributed by atoms with van der Waals surface area (Å²) in [5, 5.41) is 12.4. The lowest BCUT2D eigenvalue weighted by atomic mass is 10.2. The van der Waals surface area contributed by atoms with Gasteiger partial charge in [-0.05, 0) is 38.3 Å². The zero-order valence-corrected chi connectivity index (χ0v) is 21.0.